The van der Waals surface area contributed by atoms with Gasteiger partial charge < -0.3 is 75.8 Å². The summed E-state index contributed by atoms with van der Waals surface area (Å²) in [7, 11) is 4.74. The number of Topliss-reactive ketones (excluding diaryl/α,β-unsaturated/α-hetero) is 1. The zero-order valence-corrected chi connectivity index (χ0v) is 63.1. The number of nitrogens with two attached hydrogens (primary N) is 1. The molecule has 2 aliphatic heterocycles. The lowest BCUT2D eigenvalue weighted by Gasteiger charge is -2.18. The van der Waals surface area contributed by atoms with Crippen LogP contribution in [-0.4, -0.2) is 216 Å². The number of aromatic carboxylic acids is 1. The number of ether oxygens (including phenoxy) is 6. The number of carboxylic acids is 3. The quantitative estimate of drug-likeness (QED) is 0.0141. The van der Waals surface area contributed by atoms with Crippen LogP contribution in [0.2, 0.25) is 15.5 Å². The first-order valence-electron chi connectivity index (χ1n) is 32.6. The van der Waals surface area contributed by atoms with E-state index in [2.05, 4.69) is 101 Å². The van der Waals surface area contributed by atoms with E-state index < -0.39 is 65.7 Å². The highest BCUT2D eigenvalue weighted by molar-refractivity contribution is 6.35. The number of hydrogen-bond donors (Lipinski definition) is 11. The van der Waals surface area contributed by atoms with Crippen LogP contribution in [0.5, 0.6) is 11.5 Å². The zero-order chi connectivity index (χ0) is 85.9. The van der Waals surface area contributed by atoms with Gasteiger partial charge in [-0.2, -0.15) is 30.8 Å². The standard InChI is InChI=1S/C17H12N6O3.C16H12ClN5O3.C8H6ClN3O2.C8H7N3O3.C7H4ClN3O2.C6H8O5.C4H4O5.C3H5N3/c18-7-11-6-13(21-15-3-4-20-23(11)15)17(25)19-8-10-1-2-14-12(5-10)22-16(24)9-26-14;17-13-6-11(20-14-3-4-19-22(13)14)16(24)18-7-9-1-2-12-10(5-9)21-15(23)8-25-12;1-14-8(13)5-4-6(9)12-7(11-5)2-3-10-12;1-14-8(13)5-4-7(12)11-6(10-5)2-3-9-11;8-5-3-4(7(12)13)10-6-1-2-9-11(5)6;1-10-5(8)3-4(7)6(9)11-2;5-2(4(8)9)1-3(6)7;4-3-1-2-5-6-3/h1-6H,8-9H2,(H,19,25)(H,22,24);1-6H,7-8H2,(H,18,24)(H,21,23);2-4H,1H3;2-4,9H,1H3;1-3H,(H,12,13);3,7H,1-2H3;1H2,(H,6,7)(H,8,9);1-2H,(H3,4,5,6). The summed E-state index contributed by atoms with van der Waals surface area (Å²) in [5.74, 6) is -8.65. The van der Waals surface area contributed by atoms with Gasteiger partial charge in [0.25, 0.3) is 35.0 Å². The molecule has 4 amide bonds. The number of anilines is 3. The fraction of sp³-hybridized carbons (Fsp3) is 0.130. The predicted octanol–water partition coefficient (Wildman–Crippen LogP) is 3.45. The topological polar surface area (TPSA) is 639 Å². The van der Waals surface area contributed by atoms with Gasteiger partial charge in [-0.15, -0.1) is 0 Å². The average Bonchev–Trinajstić information content (AvgIpc) is 1.65. The van der Waals surface area contributed by atoms with Gasteiger partial charge in [0, 0.05) is 80.0 Å². The summed E-state index contributed by atoms with van der Waals surface area (Å²) < 4.78 is 34.6. The van der Waals surface area contributed by atoms with E-state index in [1.165, 1.54) is 73.5 Å². The number of rotatable bonds is 14. The van der Waals surface area contributed by atoms with E-state index in [-0.39, 0.29) is 88.9 Å². The number of nitrogen functional groups attached to an aromatic ring is 1. The second kappa shape index (κ2) is 41.3. The van der Waals surface area contributed by atoms with E-state index in [9.17, 15) is 67.6 Å². The van der Waals surface area contributed by atoms with E-state index >= 15 is 0 Å². The van der Waals surface area contributed by atoms with Crippen LogP contribution in [0.3, 0.4) is 0 Å². The Bertz CT molecular complexity index is 6110. The number of carboxylic acid groups (broad SMARTS) is 3. The van der Waals surface area contributed by atoms with Crippen LogP contribution in [0.25, 0.3) is 28.2 Å². The normalized spacial score (nSPS) is 11.3. The molecule has 49 heteroatoms. The third-order valence-electron chi connectivity index (χ3n) is 14.5. The highest BCUT2D eigenvalue weighted by Crippen LogP contribution is 2.30. The zero-order valence-electron chi connectivity index (χ0n) is 60.8. The minimum Gasteiger partial charge on any atom is -0.502 e. The molecule has 608 valence electrons. The molecule has 46 nitrogen and oxygen atoms in total. The van der Waals surface area contributed by atoms with Gasteiger partial charge in [-0.05, 0) is 41.5 Å². The second-order valence-electron chi connectivity index (χ2n) is 22.4. The number of carbonyl (C=O) groups is 12. The molecule has 0 atom stereocenters. The number of fused-ring (bicyclic) bond motifs is 7. The lowest BCUT2D eigenvalue weighted by Crippen LogP contribution is -2.26. The monoisotopic (exact) mass is 1680 g/mol. The van der Waals surface area contributed by atoms with Gasteiger partial charge in [-0.3, -0.25) is 43.8 Å². The van der Waals surface area contributed by atoms with Crippen molar-refractivity contribution < 1.29 is 106 Å². The summed E-state index contributed by atoms with van der Waals surface area (Å²) in [6, 6.07) is 29.0. The summed E-state index contributed by atoms with van der Waals surface area (Å²) in [5, 5.41) is 78.5. The van der Waals surface area contributed by atoms with Crippen molar-refractivity contribution in [3.05, 3.63) is 223 Å². The van der Waals surface area contributed by atoms with Gasteiger partial charge in [0.05, 0.1) is 76.9 Å². The number of ketones is 1. The SMILES string of the molecule is COC(=O)C=C(O)C(=O)OC.COC(=O)c1cc(=O)n2[nH]ccc2n1.COC(=O)c1cc(Cl)n2nccc2n1.N#Cc1cc(C(=O)NCc2ccc3c(c2)NC(=O)CO3)nc2ccnn12.Nc1ccn[nH]1.O=C(O)CC(=O)C(=O)O.O=C(O)c1cc(Cl)n2nccc2n1.O=C1COc2ccc(CNC(=O)c3cc(Cl)n4nccc4n3)cc2N1. The number of aromatic amines is 2. The number of amides is 4. The number of carbonyl (C=O) groups excluding carboxylic acids is 9. The number of methoxy groups -OCH3 is 4. The number of H-pyrrole nitrogens is 2. The molecule has 0 fully saturated rings. The molecule has 12 N–H and O–H groups in total. The Morgan fingerprint density at radius 3 is 1.42 bits per heavy atom. The Kier molecular flexibility index (Phi) is 30.5. The lowest BCUT2D eigenvalue weighted by molar-refractivity contribution is -0.152. The van der Waals surface area contributed by atoms with Crippen molar-refractivity contribution in [2.75, 3.05) is 58.0 Å². The van der Waals surface area contributed by atoms with Crippen LogP contribution in [-0.2, 0) is 65.6 Å². The third kappa shape index (κ3) is 24.1. The van der Waals surface area contributed by atoms with Gasteiger partial charge in [0.15, 0.2) is 58.5 Å². The Labute approximate surface area is 672 Å². The number of hydrogen-bond acceptors (Lipinski definition) is 32. The van der Waals surface area contributed by atoms with Crippen molar-refractivity contribution in [1.82, 2.24) is 93.8 Å². The smallest absolute Gasteiger partial charge is 0.373 e. The van der Waals surface area contributed by atoms with E-state index in [0.29, 0.717) is 73.3 Å². The fourth-order valence-electron chi connectivity index (χ4n) is 9.15. The van der Waals surface area contributed by atoms with E-state index in [1.54, 1.807) is 91.5 Å². The Morgan fingerprint density at radius 2 is 1.00 bits per heavy atom. The molecule has 0 radical (unpaired) electrons. The first-order chi connectivity index (χ1) is 56.4. The highest BCUT2D eigenvalue weighted by atomic mass is 35.5. The molecule has 13 aromatic rings. The van der Waals surface area contributed by atoms with E-state index in [0.717, 1.165) is 31.4 Å². The molecule has 0 unspecified atom stereocenters. The molecule has 2 aliphatic rings. The number of aromatic nitrogens is 17. The number of nitrogens with one attached hydrogen (secondary N) is 6. The van der Waals surface area contributed by atoms with E-state index in [1.807, 2.05) is 12.1 Å². The molecule has 13 heterocycles. The number of nitriles is 1. The van der Waals surface area contributed by atoms with Gasteiger partial charge >= 0.3 is 41.8 Å². The number of halogens is 3. The van der Waals surface area contributed by atoms with E-state index in [4.69, 9.17) is 70.4 Å². The Balaban J connectivity index is 0.000000175. The summed E-state index contributed by atoms with van der Waals surface area (Å²) in [6.45, 7) is 0.501. The first kappa shape index (κ1) is 87.3. The van der Waals surface area contributed by atoms with Crippen molar-refractivity contribution in [1.29, 1.82) is 5.26 Å². The van der Waals surface area contributed by atoms with Crippen LogP contribution in [0, 0.1) is 11.3 Å². The summed E-state index contributed by atoms with van der Waals surface area (Å²) in [5.41, 5.74) is 10.4. The van der Waals surface area contributed by atoms with Crippen LogP contribution < -0.4 is 42.0 Å². The minimum atomic E-state index is -1.71. The Morgan fingerprint density at radius 1 is 0.551 bits per heavy atom. The third-order valence-corrected chi connectivity index (χ3v) is 15.3. The molecule has 0 saturated carbocycles. The Hall–Kier alpha value is -16.3. The summed E-state index contributed by atoms with van der Waals surface area (Å²) >= 11 is 17.7. The number of nitrogens with zero attached hydrogens (tertiary/aromatic N) is 16. The highest BCUT2D eigenvalue weighted by Gasteiger charge is 2.22. The molecule has 0 aliphatic carbocycles. The van der Waals surface area contributed by atoms with Gasteiger partial charge in [0.2, 0.25) is 5.76 Å². The number of aliphatic carboxylic acids is 2. The van der Waals surface area contributed by atoms with Crippen molar-refractivity contribution >= 4 is 151 Å². The lowest BCUT2D eigenvalue weighted by atomic mass is 10.1. The number of benzene rings is 2. The minimum absolute atomic E-state index is 0.00653. The number of aliphatic hydroxyl groups excluding tert-OH is 1. The van der Waals surface area contributed by atoms with Gasteiger partial charge in [-0.25, -0.2) is 76.3 Å². The molecule has 11 aromatic heterocycles. The molecule has 118 heavy (non-hydrogen) atoms. The predicted molar refractivity (Wildman–Crippen MR) is 403 cm³/mol. The molecular formula is C69H58Cl3N23O23. The average molecular weight is 1680 g/mol. The van der Waals surface area contributed by atoms with Crippen molar-refractivity contribution in [2.24, 2.45) is 0 Å². The largest absolute Gasteiger partial charge is 0.502 e. The van der Waals surface area contributed by atoms with Crippen LogP contribution in [0.4, 0.5) is 17.2 Å². The molecule has 0 saturated heterocycles. The van der Waals surface area contributed by atoms with Gasteiger partial charge in [0.1, 0.15) is 62.3 Å². The van der Waals surface area contributed by atoms with Crippen LogP contribution in [0.15, 0.2) is 157 Å². The molecule has 0 bridgehead atoms. The van der Waals surface area contributed by atoms with Crippen LogP contribution >= 0.6 is 34.8 Å². The fourth-order valence-corrected chi connectivity index (χ4v) is 9.85. The maximum absolute atomic E-state index is 12.4. The summed E-state index contributed by atoms with van der Waals surface area (Å²) in [4.78, 5) is 162. The summed E-state index contributed by atoms with van der Waals surface area (Å²) in [6.07, 6.45) is 8.96. The van der Waals surface area contributed by atoms with Crippen molar-refractivity contribution in [3.63, 3.8) is 0 Å². The molecular weight excluding hydrogens is 1630 g/mol. The molecule has 0 spiro atoms. The maximum atomic E-state index is 12.4. The number of esters is 4. The van der Waals surface area contributed by atoms with Crippen LogP contribution in [0.1, 0.15) is 75.7 Å². The number of aliphatic hydroxyl groups is 1. The first-order valence-corrected chi connectivity index (χ1v) is 33.7. The molecule has 2 aromatic carbocycles. The maximum Gasteiger partial charge on any atom is 0.373 e. The van der Waals surface area contributed by atoms with Crippen molar-refractivity contribution in [3.8, 4) is 17.6 Å². The second-order valence-corrected chi connectivity index (χ2v) is 23.6. The van der Waals surface area contributed by atoms with Crippen molar-refractivity contribution in [2.45, 2.75) is 19.5 Å². The van der Waals surface area contributed by atoms with Gasteiger partial charge in [-0.1, -0.05) is 46.9 Å². The molecule has 15 rings (SSSR count).